The van der Waals surface area contributed by atoms with Crippen molar-refractivity contribution in [3.63, 3.8) is 0 Å². The fourth-order valence-corrected chi connectivity index (χ4v) is 7.75. The van der Waals surface area contributed by atoms with E-state index >= 15 is 0 Å². The highest BCUT2D eigenvalue weighted by molar-refractivity contribution is 8.18. The molecule has 0 radical (unpaired) electrons. The summed E-state index contributed by atoms with van der Waals surface area (Å²) in [5.41, 5.74) is -2.33. The van der Waals surface area contributed by atoms with Gasteiger partial charge in [-0.15, -0.1) is 23.5 Å². The smallest absolute Gasteiger partial charge is 0.351 e. The van der Waals surface area contributed by atoms with Crippen molar-refractivity contribution >= 4 is 52.4 Å². The number of hydrogen-bond acceptors (Lipinski definition) is 7. The van der Waals surface area contributed by atoms with E-state index < -0.39 is 22.4 Å². The van der Waals surface area contributed by atoms with Crippen LogP contribution in [0.1, 0.15) is 35.2 Å². The van der Waals surface area contributed by atoms with Gasteiger partial charge in [-0.05, 0) is 48.6 Å². The average Bonchev–Trinajstić information content (AvgIpc) is 2.72. The number of rotatable bonds is 3. The van der Waals surface area contributed by atoms with E-state index in [4.69, 9.17) is 0 Å². The molecular weight excluding hydrogens is 459 g/mol. The minimum atomic E-state index is -4.79. The van der Waals surface area contributed by atoms with Crippen molar-refractivity contribution < 1.29 is 22.9 Å². The van der Waals surface area contributed by atoms with Gasteiger partial charge >= 0.3 is 6.18 Å². The van der Waals surface area contributed by atoms with Crippen molar-refractivity contribution in [2.75, 3.05) is 31.6 Å². The molecule has 0 aromatic heterocycles. The Morgan fingerprint density at radius 3 is 2.43 bits per heavy atom. The number of amidine groups is 1. The lowest BCUT2D eigenvalue weighted by molar-refractivity contribution is -0.388. The zero-order valence-corrected chi connectivity index (χ0v) is 18.6. The molecule has 12 heteroatoms. The van der Waals surface area contributed by atoms with E-state index in [1.165, 1.54) is 13.5 Å². The first-order chi connectivity index (χ1) is 14.2. The summed E-state index contributed by atoms with van der Waals surface area (Å²) in [4.78, 5) is 28.1. The van der Waals surface area contributed by atoms with Crippen LogP contribution in [0.4, 0.5) is 18.9 Å². The largest absolute Gasteiger partial charge is 0.416 e. The van der Waals surface area contributed by atoms with Gasteiger partial charge in [0.2, 0.25) is 0 Å². The average molecular weight is 480 g/mol. The number of nitrogens with zero attached hydrogens (tertiary/aromatic N) is 3. The van der Waals surface area contributed by atoms with E-state index in [-0.39, 0.29) is 20.8 Å². The van der Waals surface area contributed by atoms with Crippen LogP contribution in [0.15, 0.2) is 22.0 Å². The number of hydrogen-bond donors (Lipinski definition) is 0. The van der Waals surface area contributed by atoms with Crippen LogP contribution >= 0.6 is 35.3 Å². The van der Waals surface area contributed by atoms with Crippen molar-refractivity contribution in [2.24, 2.45) is 4.99 Å². The van der Waals surface area contributed by atoms with Crippen LogP contribution in [-0.4, -0.2) is 57.0 Å². The molecular formula is C18H20F3N3O3S3. The lowest BCUT2D eigenvalue weighted by Gasteiger charge is -2.43. The summed E-state index contributed by atoms with van der Waals surface area (Å²) in [6.45, 7) is 1.40. The second-order valence-corrected chi connectivity index (χ2v) is 11.0. The van der Waals surface area contributed by atoms with Crippen LogP contribution in [0, 0.1) is 10.1 Å². The molecule has 0 bridgehead atoms. The summed E-state index contributed by atoms with van der Waals surface area (Å²) >= 11 is 4.83. The Morgan fingerprint density at radius 2 is 1.93 bits per heavy atom. The third-order valence-electron chi connectivity index (χ3n) is 4.95. The maximum absolute atomic E-state index is 13.1. The Hall–Kier alpha value is -1.40. The van der Waals surface area contributed by atoms with Crippen LogP contribution in [0.3, 0.4) is 0 Å². The summed E-state index contributed by atoms with van der Waals surface area (Å²) in [6.07, 6.45) is -1.51. The van der Waals surface area contributed by atoms with E-state index in [9.17, 15) is 28.1 Å². The van der Waals surface area contributed by atoms with Crippen LogP contribution in [0.25, 0.3) is 0 Å². The van der Waals surface area contributed by atoms with E-state index in [1.54, 1.807) is 0 Å². The van der Waals surface area contributed by atoms with Gasteiger partial charge in [0, 0.05) is 31.8 Å². The number of carbonyl (C=O) groups excluding carboxylic acids is 1. The fourth-order valence-electron chi connectivity index (χ4n) is 3.42. The molecule has 2 saturated heterocycles. The summed E-state index contributed by atoms with van der Waals surface area (Å²) in [5, 5.41) is 11.9. The number of aldehydes is 1. The first kappa shape index (κ1) is 23.3. The van der Waals surface area contributed by atoms with Crippen molar-refractivity contribution in [3.8, 4) is 0 Å². The Morgan fingerprint density at radius 1 is 1.30 bits per heavy atom. The van der Waals surface area contributed by atoms with E-state index in [2.05, 4.69) is 4.99 Å². The van der Waals surface area contributed by atoms with Gasteiger partial charge in [0.25, 0.3) is 5.69 Å². The molecule has 0 N–H and O–H groups in total. The van der Waals surface area contributed by atoms with Crippen LogP contribution in [0.2, 0.25) is 0 Å². The van der Waals surface area contributed by atoms with Gasteiger partial charge < -0.3 is 4.90 Å². The number of nitro benzene ring substituents is 1. The van der Waals surface area contributed by atoms with Crippen LogP contribution < -0.4 is 0 Å². The van der Waals surface area contributed by atoms with Gasteiger partial charge in [0.1, 0.15) is 4.90 Å². The van der Waals surface area contributed by atoms with Crippen LogP contribution in [0.5, 0.6) is 0 Å². The highest BCUT2D eigenvalue weighted by Gasteiger charge is 2.39. The number of alkyl halides is 3. The molecule has 2 fully saturated rings. The molecule has 164 valence electrons. The van der Waals surface area contributed by atoms with Gasteiger partial charge in [0.05, 0.1) is 14.6 Å². The molecule has 0 unspecified atom stereocenters. The first-order valence-electron chi connectivity index (χ1n) is 9.21. The van der Waals surface area contributed by atoms with E-state index in [0.29, 0.717) is 30.4 Å². The number of piperidine rings is 1. The predicted octanol–water partition coefficient (Wildman–Crippen LogP) is 5.17. The summed E-state index contributed by atoms with van der Waals surface area (Å²) < 4.78 is 39.5. The molecule has 2 aliphatic heterocycles. The third kappa shape index (κ3) is 5.08. The maximum Gasteiger partial charge on any atom is 0.416 e. The summed E-state index contributed by atoms with van der Waals surface area (Å²) in [5.74, 6) is 2.27. The number of nitro groups is 1. The standard InChI is InChI=1S/C18H20F3N3O3S3/c1-22-16(23-5-3-17(4-6-23)28-7-2-8-29-17)30-15-12(11-25)9-13(18(19,20)21)10-14(15)24(26)27/h9-11H,2-8H2,1H3. The predicted molar refractivity (Wildman–Crippen MR) is 116 cm³/mol. The Labute approximate surface area is 184 Å². The quantitative estimate of drug-likeness (QED) is 0.148. The number of thioether (sulfide) groups is 3. The Bertz CT molecular complexity index is 848. The zero-order chi connectivity index (χ0) is 21.9. The summed E-state index contributed by atoms with van der Waals surface area (Å²) in [6, 6.07) is 1.12. The number of likely N-dealkylation sites (tertiary alicyclic amines) is 1. The van der Waals surface area contributed by atoms with Crippen molar-refractivity contribution in [3.05, 3.63) is 33.4 Å². The molecule has 3 rings (SSSR count). The Balaban J connectivity index is 1.85. The molecule has 1 aromatic carbocycles. The van der Waals surface area contributed by atoms with Gasteiger partial charge in [-0.3, -0.25) is 19.9 Å². The zero-order valence-electron chi connectivity index (χ0n) is 16.1. The van der Waals surface area contributed by atoms with E-state index in [0.717, 1.165) is 36.1 Å². The monoisotopic (exact) mass is 479 g/mol. The number of halogens is 3. The molecule has 2 aliphatic rings. The second-order valence-electron chi connectivity index (χ2n) is 6.84. The van der Waals surface area contributed by atoms with E-state index in [1.807, 2.05) is 28.4 Å². The minimum absolute atomic E-state index is 0.120. The van der Waals surface area contributed by atoms with Crippen molar-refractivity contribution in [2.45, 2.75) is 34.4 Å². The van der Waals surface area contributed by atoms with Gasteiger partial charge in [-0.2, -0.15) is 13.2 Å². The van der Waals surface area contributed by atoms with Gasteiger partial charge in [0.15, 0.2) is 11.5 Å². The molecule has 0 saturated carbocycles. The molecule has 0 aliphatic carbocycles. The number of aliphatic imine (C=N–C) groups is 1. The number of benzene rings is 1. The fraction of sp³-hybridized carbons (Fsp3) is 0.556. The van der Waals surface area contributed by atoms with Crippen molar-refractivity contribution in [1.82, 2.24) is 4.90 Å². The van der Waals surface area contributed by atoms with Crippen molar-refractivity contribution in [1.29, 1.82) is 0 Å². The molecule has 30 heavy (non-hydrogen) atoms. The molecule has 0 atom stereocenters. The van der Waals surface area contributed by atoms with Gasteiger partial charge in [-0.25, -0.2) is 0 Å². The topological polar surface area (TPSA) is 75.8 Å². The highest BCUT2D eigenvalue weighted by Crippen LogP contribution is 2.49. The molecule has 2 heterocycles. The molecule has 6 nitrogen and oxygen atoms in total. The molecule has 0 amide bonds. The molecule has 1 spiro atoms. The lowest BCUT2D eigenvalue weighted by atomic mass is 10.1. The SMILES string of the molecule is CN=C(Sc1c(C=O)cc(C(F)(F)F)cc1[N+](=O)[O-])N1CCC2(CC1)SCCCS2. The second kappa shape index (κ2) is 9.39. The lowest BCUT2D eigenvalue weighted by Crippen LogP contribution is -2.44. The van der Waals surface area contributed by atoms with Crippen LogP contribution in [-0.2, 0) is 6.18 Å². The highest BCUT2D eigenvalue weighted by atomic mass is 32.2. The first-order valence-corrected chi connectivity index (χ1v) is 12.0. The normalized spacial score (nSPS) is 19.7. The molecule has 1 aromatic rings. The third-order valence-corrected chi connectivity index (χ3v) is 9.78. The summed E-state index contributed by atoms with van der Waals surface area (Å²) in [7, 11) is 1.54. The number of carbonyl (C=O) groups is 1. The Kier molecular flexibility index (Phi) is 7.28. The minimum Gasteiger partial charge on any atom is -0.351 e. The van der Waals surface area contributed by atoms with Gasteiger partial charge in [-0.1, -0.05) is 0 Å². The maximum atomic E-state index is 13.1.